The van der Waals surface area contributed by atoms with Gasteiger partial charge in [-0.2, -0.15) is 11.3 Å². The summed E-state index contributed by atoms with van der Waals surface area (Å²) in [6, 6.07) is 2.38. The van der Waals surface area contributed by atoms with Crippen LogP contribution in [0.4, 0.5) is 0 Å². The normalized spacial score (nSPS) is 17.7. The first-order valence-corrected chi connectivity index (χ1v) is 16.6. The summed E-state index contributed by atoms with van der Waals surface area (Å²) in [5, 5.41) is 2.37. The highest BCUT2D eigenvalue weighted by Crippen LogP contribution is 2.37. The highest BCUT2D eigenvalue weighted by Gasteiger charge is 2.52. The summed E-state index contributed by atoms with van der Waals surface area (Å²) in [4.78, 5) is 0. The van der Waals surface area contributed by atoms with Crippen LogP contribution in [0, 0.1) is 5.92 Å². The molecule has 0 N–H and O–H groups in total. The monoisotopic (exact) mass is 518 g/mol. The van der Waals surface area contributed by atoms with Gasteiger partial charge in [-0.15, -0.1) is 0 Å². The van der Waals surface area contributed by atoms with E-state index in [1.54, 1.807) is 0 Å². The Morgan fingerprint density at radius 3 is 1.53 bits per heavy atom. The highest BCUT2D eigenvalue weighted by molar-refractivity contribution is 7.20. The second kappa shape index (κ2) is 17.3. The molecule has 1 aliphatic rings. The first-order valence-electron chi connectivity index (χ1n) is 15.7. The minimum Gasteiger partial charge on any atom is -0.399 e. The third-order valence-electron chi connectivity index (χ3n) is 8.62. The minimum absolute atomic E-state index is 0.215. The molecule has 1 aliphatic heterocycles. The molecule has 0 aliphatic carbocycles. The molecule has 0 aromatic carbocycles. The Bertz CT molecular complexity index is 667. The van der Waals surface area contributed by atoms with E-state index in [-0.39, 0.29) is 18.3 Å². The predicted octanol–water partition coefficient (Wildman–Crippen LogP) is 10.3. The largest absolute Gasteiger partial charge is 0.505 e. The average Bonchev–Trinajstić information content (AvgIpc) is 3.38. The maximum atomic E-state index is 6.31. The van der Waals surface area contributed by atoms with E-state index < -0.39 is 0 Å². The zero-order valence-corrected chi connectivity index (χ0v) is 25.8. The molecule has 2 heterocycles. The van der Waals surface area contributed by atoms with Crippen LogP contribution in [-0.2, 0) is 15.7 Å². The lowest BCUT2D eigenvalue weighted by molar-refractivity contribution is 0.00578. The van der Waals surface area contributed by atoms with Crippen LogP contribution in [0.25, 0.3) is 0 Å². The van der Waals surface area contributed by atoms with Crippen molar-refractivity contribution in [2.75, 3.05) is 0 Å². The van der Waals surface area contributed by atoms with E-state index in [0.29, 0.717) is 0 Å². The molecule has 36 heavy (non-hydrogen) atoms. The molecule has 0 spiro atoms. The fraction of sp³-hybridized carbons (Fsp3) is 0.875. The van der Waals surface area contributed by atoms with Crippen molar-refractivity contribution in [3.05, 3.63) is 17.0 Å². The maximum Gasteiger partial charge on any atom is 0.505 e. The van der Waals surface area contributed by atoms with Crippen molar-refractivity contribution in [1.82, 2.24) is 0 Å². The van der Waals surface area contributed by atoms with Crippen LogP contribution in [0.3, 0.4) is 0 Å². The van der Waals surface area contributed by atoms with Crippen LogP contribution in [0.5, 0.6) is 0 Å². The van der Waals surface area contributed by atoms with E-state index in [9.17, 15) is 0 Å². The summed E-state index contributed by atoms with van der Waals surface area (Å²) in [7, 11) is -0.215. The van der Waals surface area contributed by atoms with Gasteiger partial charge in [-0.25, -0.2) is 0 Å². The number of rotatable bonds is 21. The van der Waals surface area contributed by atoms with Crippen molar-refractivity contribution in [1.29, 1.82) is 0 Å². The Kier molecular flexibility index (Phi) is 15.3. The fourth-order valence-corrected chi connectivity index (χ4v) is 6.28. The standard InChI is InChI=1S/C32H59BO2S/c1-7-9-11-13-15-16-18-20-22-24-28(23-21-19-17-14-12-10-8-2)25-29-26-30(36-27-29)33-34-31(3,4)32(5,6)35-33/h26-28H,7-25H2,1-6H3. The van der Waals surface area contributed by atoms with Gasteiger partial charge >= 0.3 is 7.12 Å². The van der Waals surface area contributed by atoms with Crippen LogP contribution < -0.4 is 4.78 Å². The van der Waals surface area contributed by atoms with Gasteiger partial charge in [0.05, 0.1) is 11.2 Å². The quantitative estimate of drug-likeness (QED) is 0.119. The van der Waals surface area contributed by atoms with Crippen molar-refractivity contribution in [3.8, 4) is 0 Å². The molecule has 2 rings (SSSR count). The van der Waals surface area contributed by atoms with E-state index in [1.165, 1.54) is 132 Å². The average molecular weight is 519 g/mol. The third-order valence-corrected chi connectivity index (χ3v) is 9.62. The molecule has 1 fully saturated rings. The summed E-state index contributed by atoms with van der Waals surface area (Å²) in [6.07, 6.45) is 26.7. The van der Waals surface area contributed by atoms with Crippen LogP contribution in [0.2, 0.25) is 0 Å². The summed E-state index contributed by atoms with van der Waals surface area (Å²) in [6.45, 7) is 13.2. The van der Waals surface area contributed by atoms with Crippen molar-refractivity contribution in [2.24, 2.45) is 5.92 Å². The zero-order valence-electron chi connectivity index (χ0n) is 25.0. The Morgan fingerprint density at radius 1 is 0.667 bits per heavy atom. The van der Waals surface area contributed by atoms with Crippen molar-refractivity contribution >= 4 is 23.2 Å². The van der Waals surface area contributed by atoms with Gasteiger partial charge in [0.1, 0.15) is 0 Å². The molecule has 1 aromatic rings. The molecule has 0 saturated carbocycles. The Morgan fingerprint density at radius 2 is 1.08 bits per heavy atom. The molecular formula is C32H59BO2S. The maximum absolute atomic E-state index is 6.31. The Labute approximate surface area is 229 Å². The molecule has 208 valence electrons. The number of hydrogen-bond donors (Lipinski definition) is 0. The van der Waals surface area contributed by atoms with Gasteiger partial charge in [0.15, 0.2) is 0 Å². The third kappa shape index (κ3) is 11.6. The van der Waals surface area contributed by atoms with E-state index in [1.807, 2.05) is 11.3 Å². The highest BCUT2D eigenvalue weighted by atomic mass is 32.1. The number of hydrogen-bond acceptors (Lipinski definition) is 3. The molecule has 1 atom stereocenters. The summed E-state index contributed by atoms with van der Waals surface area (Å²) in [5.74, 6) is 0.825. The number of unbranched alkanes of at least 4 members (excludes halogenated alkanes) is 14. The lowest BCUT2D eigenvalue weighted by Crippen LogP contribution is -2.41. The Balaban J connectivity index is 1.79. The molecule has 2 nitrogen and oxygen atoms in total. The summed E-state index contributed by atoms with van der Waals surface area (Å²) in [5.41, 5.74) is 0.961. The molecular weight excluding hydrogens is 459 g/mol. The molecule has 4 heteroatoms. The summed E-state index contributed by atoms with van der Waals surface area (Å²) >= 11 is 1.82. The van der Waals surface area contributed by atoms with Crippen LogP contribution >= 0.6 is 11.3 Å². The smallest absolute Gasteiger partial charge is 0.399 e. The van der Waals surface area contributed by atoms with Gasteiger partial charge in [-0.3, -0.25) is 0 Å². The fourth-order valence-electron chi connectivity index (χ4n) is 5.40. The first kappa shape index (κ1) is 31.9. The lowest BCUT2D eigenvalue weighted by atomic mass is 9.85. The van der Waals surface area contributed by atoms with Crippen LogP contribution in [0.15, 0.2) is 11.4 Å². The van der Waals surface area contributed by atoms with E-state index in [4.69, 9.17) is 9.31 Å². The predicted molar refractivity (Wildman–Crippen MR) is 162 cm³/mol. The molecule has 1 saturated heterocycles. The van der Waals surface area contributed by atoms with Crippen molar-refractivity contribution in [2.45, 2.75) is 175 Å². The number of thiophene rings is 1. The van der Waals surface area contributed by atoms with Gasteiger partial charge in [0.2, 0.25) is 0 Å². The van der Waals surface area contributed by atoms with Gasteiger partial charge in [0, 0.05) is 4.78 Å². The second-order valence-corrected chi connectivity index (χ2v) is 13.5. The van der Waals surface area contributed by atoms with Gasteiger partial charge in [-0.05, 0) is 57.0 Å². The molecule has 1 aromatic heterocycles. The first-order chi connectivity index (χ1) is 17.3. The SMILES string of the molecule is CCCCCCCCCCCC(CCCCCCCCC)Cc1csc(B2OC(C)(C)C(C)(C)O2)c1. The zero-order chi connectivity index (χ0) is 26.3. The van der Waals surface area contributed by atoms with Crippen LogP contribution in [-0.4, -0.2) is 18.3 Å². The molecule has 0 bridgehead atoms. The molecule has 1 unspecified atom stereocenters. The second-order valence-electron chi connectivity index (χ2n) is 12.5. The van der Waals surface area contributed by atoms with Gasteiger partial charge in [0.25, 0.3) is 0 Å². The van der Waals surface area contributed by atoms with Crippen LogP contribution in [0.1, 0.15) is 163 Å². The minimum atomic E-state index is -0.266. The van der Waals surface area contributed by atoms with Crippen molar-refractivity contribution in [3.63, 3.8) is 0 Å². The lowest BCUT2D eigenvalue weighted by Gasteiger charge is -2.32. The topological polar surface area (TPSA) is 18.5 Å². The van der Waals surface area contributed by atoms with E-state index in [2.05, 4.69) is 53.0 Å². The van der Waals surface area contributed by atoms with Gasteiger partial charge in [-0.1, -0.05) is 129 Å². The van der Waals surface area contributed by atoms with Crippen molar-refractivity contribution < 1.29 is 9.31 Å². The molecule has 0 amide bonds. The summed E-state index contributed by atoms with van der Waals surface area (Å²) < 4.78 is 13.9. The van der Waals surface area contributed by atoms with Gasteiger partial charge < -0.3 is 9.31 Å². The van der Waals surface area contributed by atoms with E-state index >= 15 is 0 Å². The van der Waals surface area contributed by atoms with E-state index in [0.717, 1.165) is 5.92 Å². The molecule has 0 radical (unpaired) electrons. The Hall–Kier alpha value is -0.315.